The van der Waals surface area contributed by atoms with Crippen LogP contribution in [0.15, 0.2) is 0 Å². The zero-order valence-corrected chi connectivity index (χ0v) is 9.97. The van der Waals surface area contributed by atoms with Crippen molar-refractivity contribution in [3.63, 3.8) is 0 Å². The fourth-order valence-corrected chi connectivity index (χ4v) is 2.18. The van der Waals surface area contributed by atoms with Gasteiger partial charge in [0.2, 0.25) is 5.91 Å². The first-order chi connectivity index (χ1) is 6.63. The van der Waals surface area contributed by atoms with Crippen LogP contribution < -0.4 is 5.32 Å². The molecule has 1 aliphatic rings. The Morgan fingerprint density at radius 2 is 2.07 bits per heavy atom. The van der Waals surface area contributed by atoms with Gasteiger partial charge in [0.05, 0.1) is 6.10 Å². The number of sulfone groups is 1. The highest BCUT2D eigenvalue weighted by molar-refractivity contribution is 7.91. The molecule has 0 aromatic heterocycles. The number of rotatable bonds is 3. The molecule has 0 aromatic rings. The van der Waals surface area contributed by atoms with Gasteiger partial charge in [0.1, 0.15) is 5.75 Å². The van der Waals surface area contributed by atoms with Gasteiger partial charge in [-0.15, -0.1) is 0 Å². The van der Waals surface area contributed by atoms with Crippen molar-refractivity contribution in [3.05, 3.63) is 0 Å². The highest BCUT2D eigenvalue weighted by Gasteiger charge is 2.47. The predicted molar refractivity (Wildman–Crippen MR) is 56.0 cm³/mol. The van der Waals surface area contributed by atoms with Gasteiger partial charge in [0.15, 0.2) is 9.84 Å². The first-order valence-electron chi connectivity index (χ1n) is 4.78. The summed E-state index contributed by atoms with van der Waals surface area (Å²) in [5.41, 5.74) is -0.368. The monoisotopic (exact) mass is 235 g/mol. The molecular formula is C9H17NO4S. The van der Waals surface area contributed by atoms with Crippen LogP contribution in [0.3, 0.4) is 0 Å². The molecule has 0 heterocycles. The summed E-state index contributed by atoms with van der Waals surface area (Å²) in [5.74, 6) is -0.988. The fourth-order valence-electron chi connectivity index (χ4n) is 1.62. The second-order valence-corrected chi connectivity index (χ2v) is 6.90. The molecule has 1 aliphatic carbocycles. The number of aliphatic hydroxyl groups is 1. The van der Waals surface area contributed by atoms with Crippen LogP contribution in [-0.2, 0) is 14.6 Å². The van der Waals surface area contributed by atoms with Crippen molar-refractivity contribution < 1.29 is 18.3 Å². The lowest BCUT2D eigenvalue weighted by molar-refractivity contribution is -0.126. The lowest BCUT2D eigenvalue weighted by Gasteiger charge is -2.49. The van der Waals surface area contributed by atoms with Crippen LogP contribution in [0.1, 0.15) is 20.3 Å². The topological polar surface area (TPSA) is 83.5 Å². The molecule has 1 fully saturated rings. The molecule has 2 unspecified atom stereocenters. The van der Waals surface area contributed by atoms with Gasteiger partial charge in [-0.1, -0.05) is 13.8 Å². The fraction of sp³-hybridized carbons (Fsp3) is 0.889. The number of aliphatic hydroxyl groups excluding tert-OH is 1. The van der Waals surface area contributed by atoms with Crippen LogP contribution >= 0.6 is 0 Å². The minimum Gasteiger partial charge on any atom is -0.392 e. The van der Waals surface area contributed by atoms with Gasteiger partial charge in [-0.05, 0) is 6.42 Å². The number of hydrogen-bond donors (Lipinski definition) is 2. The van der Waals surface area contributed by atoms with Crippen LogP contribution in [0.2, 0.25) is 0 Å². The molecule has 2 atom stereocenters. The molecule has 1 rings (SSSR count). The number of nitrogens with one attached hydrogen (secondary N) is 1. The van der Waals surface area contributed by atoms with Gasteiger partial charge >= 0.3 is 0 Å². The summed E-state index contributed by atoms with van der Waals surface area (Å²) >= 11 is 0. The molecule has 0 aromatic carbocycles. The number of amides is 1. The first-order valence-corrected chi connectivity index (χ1v) is 6.84. The highest BCUT2D eigenvalue weighted by atomic mass is 32.2. The van der Waals surface area contributed by atoms with Crippen LogP contribution in [0.5, 0.6) is 0 Å². The molecule has 0 bridgehead atoms. The average molecular weight is 235 g/mol. The first kappa shape index (κ1) is 12.4. The van der Waals surface area contributed by atoms with Crippen molar-refractivity contribution in [2.24, 2.45) is 5.41 Å². The van der Waals surface area contributed by atoms with E-state index in [1.54, 1.807) is 0 Å². The summed E-state index contributed by atoms with van der Waals surface area (Å²) < 4.78 is 21.7. The molecule has 0 radical (unpaired) electrons. The third-order valence-electron chi connectivity index (χ3n) is 2.94. The Labute approximate surface area is 89.8 Å². The van der Waals surface area contributed by atoms with Crippen LogP contribution in [0, 0.1) is 5.41 Å². The molecule has 0 aliphatic heterocycles. The predicted octanol–water partition coefficient (Wildman–Crippen LogP) is -0.693. The zero-order valence-electron chi connectivity index (χ0n) is 9.15. The minimum absolute atomic E-state index is 0.137. The Morgan fingerprint density at radius 3 is 2.40 bits per heavy atom. The summed E-state index contributed by atoms with van der Waals surface area (Å²) in [5, 5.41) is 12.0. The lowest BCUT2D eigenvalue weighted by Crippen LogP contribution is -2.61. The third kappa shape index (κ3) is 2.92. The number of carbonyl (C=O) groups is 1. The van der Waals surface area contributed by atoms with Gasteiger partial charge in [-0.25, -0.2) is 8.42 Å². The largest absolute Gasteiger partial charge is 0.392 e. The summed E-state index contributed by atoms with van der Waals surface area (Å²) in [6, 6.07) is -0.137. The van der Waals surface area contributed by atoms with E-state index in [2.05, 4.69) is 5.32 Å². The summed E-state index contributed by atoms with van der Waals surface area (Å²) in [6.07, 6.45) is 1.08. The van der Waals surface area contributed by atoms with Crippen LogP contribution in [-0.4, -0.2) is 43.6 Å². The Morgan fingerprint density at radius 1 is 1.53 bits per heavy atom. The van der Waals surface area contributed by atoms with E-state index in [-0.39, 0.29) is 11.5 Å². The van der Waals surface area contributed by atoms with E-state index < -0.39 is 27.6 Å². The van der Waals surface area contributed by atoms with Gasteiger partial charge in [0.25, 0.3) is 0 Å². The molecule has 1 saturated carbocycles. The lowest BCUT2D eigenvalue weighted by atomic mass is 9.64. The number of carbonyl (C=O) groups excluding carboxylic acids is 1. The quantitative estimate of drug-likeness (QED) is 0.678. The van der Waals surface area contributed by atoms with Crippen molar-refractivity contribution in [1.82, 2.24) is 5.32 Å². The van der Waals surface area contributed by atoms with Gasteiger partial charge < -0.3 is 10.4 Å². The Hall–Kier alpha value is -0.620. The summed E-state index contributed by atoms with van der Waals surface area (Å²) in [6.45, 7) is 3.68. The van der Waals surface area contributed by atoms with Crippen molar-refractivity contribution >= 4 is 15.7 Å². The Bertz CT molecular complexity index is 360. The standard InChI is InChI=1S/C9H17NO4S/c1-9(2)6(4-7(9)11)10-8(12)5-15(3,13)14/h6-7,11H,4-5H2,1-3H3,(H,10,12). The van der Waals surface area contributed by atoms with Crippen LogP contribution in [0.4, 0.5) is 0 Å². The maximum absolute atomic E-state index is 11.3. The van der Waals surface area contributed by atoms with Gasteiger partial charge in [0, 0.05) is 17.7 Å². The molecule has 5 nitrogen and oxygen atoms in total. The number of hydrogen-bond acceptors (Lipinski definition) is 4. The Balaban J connectivity index is 2.48. The normalized spacial score (nSPS) is 29.3. The molecule has 0 spiro atoms. The second-order valence-electron chi connectivity index (χ2n) is 4.76. The van der Waals surface area contributed by atoms with E-state index in [1.807, 2.05) is 13.8 Å². The van der Waals surface area contributed by atoms with E-state index in [4.69, 9.17) is 0 Å². The minimum atomic E-state index is -3.28. The van der Waals surface area contributed by atoms with Crippen molar-refractivity contribution in [2.45, 2.75) is 32.4 Å². The van der Waals surface area contributed by atoms with E-state index >= 15 is 0 Å². The SMILES string of the molecule is CC1(C)C(O)CC1NC(=O)CS(C)(=O)=O. The molecule has 1 amide bonds. The third-order valence-corrected chi connectivity index (χ3v) is 3.73. The summed E-state index contributed by atoms with van der Waals surface area (Å²) in [4.78, 5) is 11.3. The van der Waals surface area contributed by atoms with Crippen molar-refractivity contribution in [2.75, 3.05) is 12.0 Å². The zero-order chi connectivity index (χ0) is 11.9. The Kier molecular flexibility index (Phi) is 3.11. The van der Waals surface area contributed by atoms with Gasteiger partial charge in [-0.2, -0.15) is 0 Å². The van der Waals surface area contributed by atoms with Crippen LogP contribution in [0.25, 0.3) is 0 Å². The molecule has 88 valence electrons. The smallest absolute Gasteiger partial charge is 0.235 e. The van der Waals surface area contributed by atoms with E-state index in [1.165, 1.54) is 0 Å². The average Bonchev–Trinajstić information content (AvgIpc) is 2.00. The highest BCUT2D eigenvalue weighted by Crippen LogP contribution is 2.40. The maximum Gasteiger partial charge on any atom is 0.235 e. The maximum atomic E-state index is 11.3. The molecular weight excluding hydrogens is 218 g/mol. The second kappa shape index (κ2) is 3.75. The van der Waals surface area contributed by atoms with E-state index in [0.717, 1.165) is 6.26 Å². The molecule has 0 saturated heterocycles. The van der Waals surface area contributed by atoms with Gasteiger partial charge in [-0.3, -0.25) is 4.79 Å². The van der Waals surface area contributed by atoms with E-state index in [0.29, 0.717) is 6.42 Å². The van der Waals surface area contributed by atoms with Crippen molar-refractivity contribution in [3.8, 4) is 0 Å². The van der Waals surface area contributed by atoms with Crippen molar-refractivity contribution in [1.29, 1.82) is 0 Å². The molecule has 2 N–H and O–H groups in total. The summed E-state index contributed by atoms with van der Waals surface area (Å²) in [7, 11) is -3.28. The molecule has 6 heteroatoms. The molecule has 15 heavy (non-hydrogen) atoms. The van der Waals surface area contributed by atoms with E-state index in [9.17, 15) is 18.3 Å².